The fourth-order valence-corrected chi connectivity index (χ4v) is 1.38. The molecule has 0 spiro atoms. The highest BCUT2D eigenvalue weighted by atomic mass is 16.5. The number of hydrogen-bond acceptors (Lipinski definition) is 6. The van der Waals surface area contributed by atoms with E-state index in [1.807, 2.05) is 6.92 Å². The van der Waals surface area contributed by atoms with Crippen molar-refractivity contribution in [2.75, 3.05) is 12.8 Å². The molecule has 0 saturated carbocycles. The highest BCUT2D eigenvalue weighted by Gasteiger charge is 2.11. The van der Waals surface area contributed by atoms with Gasteiger partial charge in [0.1, 0.15) is 5.82 Å². The lowest BCUT2D eigenvalue weighted by Crippen LogP contribution is -2.09. The SMILES string of the molecule is COC(C)Cc1noc(-c2ccnc(N)c2)n1. The van der Waals surface area contributed by atoms with E-state index in [0.717, 1.165) is 5.56 Å². The van der Waals surface area contributed by atoms with Gasteiger partial charge in [0.25, 0.3) is 5.89 Å². The average Bonchev–Trinajstić information content (AvgIpc) is 2.77. The van der Waals surface area contributed by atoms with Crippen molar-refractivity contribution in [2.45, 2.75) is 19.4 Å². The van der Waals surface area contributed by atoms with Crippen LogP contribution in [0, 0.1) is 0 Å². The van der Waals surface area contributed by atoms with Crippen LogP contribution in [0.4, 0.5) is 5.82 Å². The number of methoxy groups -OCH3 is 1. The number of ether oxygens (including phenoxy) is 1. The molecule has 0 bridgehead atoms. The van der Waals surface area contributed by atoms with Gasteiger partial charge < -0.3 is 15.0 Å². The Labute approximate surface area is 98.8 Å². The largest absolute Gasteiger partial charge is 0.384 e. The van der Waals surface area contributed by atoms with Gasteiger partial charge in [-0.1, -0.05) is 5.16 Å². The van der Waals surface area contributed by atoms with Gasteiger partial charge in [-0.2, -0.15) is 4.98 Å². The van der Waals surface area contributed by atoms with Crippen LogP contribution in [0.25, 0.3) is 11.5 Å². The minimum absolute atomic E-state index is 0.0583. The van der Waals surface area contributed by atoms with Crippen molar-refractivity contribution in [1.82, 2.24) is 15.1 Å². The number of nitrogen functional groups attached to an aromatic ring is 1. The molecule has 90 valence electrons. The average molecular weight is 234 g/mol. The second-order valence-corrected chi connectivity index (χ2v) is 3.74. The molecule has 2 heterocycles. The van der Waals surface area contributed by atoms with Gasteiger partial charge in [0.2, 0.25) is 0 Å². The Morgan fingerprint density at radius 3 is 3.06 bits per heavy atom. The number of nitrogens with zero attached hydrogens (tertiary/aromatic N) is 3. The van der Waals surface area contributed by atoms with Gasteiger partial charge in [-0.25, -0.2) is 4.98 Å². The number of aromatic nitrogens is 3. The van der Waals surface area contributed by atoms with Crippen molar-refractivity contribution < 1.29 is 9.26 Å². The first-order valence-electron chi connectivity index (χ1n) is 5.26. The van der Waals surface area contributed by atoms with E-state index in [1.165, 1.54) is 0 Å². The number of pyridine rings is 1. The molecule has 1 unspecified atom stereocenters. The predicted molar refractivity (Wildman–Crippen MR) is 62.1 cm³/mol. The van der Waals surface area contributed by atoms with Crippen molar-refractivity contribution in [1.29, 1.82) is 0 Å². The summed E-state index contributed by atoms with van der Waals surface area (Å²) in [5.41, 5.74) is 6.35. The first-order valence-corrected chi connectivity index (χ1v) is 5.26. The van der Waals surface area contributed by atoms with Crippen LogP contribution < -0.4 is 5.73 Å². The zero-order valence-electron chi connectivity index (χ0n) is 9.75. The lowest BCUT2D eigenvalue weighted by Gasteiger charge is -2.03. The zero-order chi connectivity index (χ0) is 12.3. The molecule has 17 heavy (non-hydrogen) atoms. The van der Waals surface area contributed by atoms with Crippen LogP contribution in [0.2, 0.25) is 0 Å². The van der Waals surface area contributed by atoms with Crippen LogP contribution >= 0.6 is 0 Å². The topological polar surface area (TPSA) is 87.1 Å². The van der Waals surface area contributed by atoms with E-state index in [9.17, 15) is 0 Å². The first kappa shape index (κ1) is 11.5. The second-order valence-electron chi connectivity index (χ2n) is 3.74. The summed E-state index contributed by atoms with van der Waals surface area (Å²) in [5, 5.41) is 3.88. The Hall–Kier alpha value is -1.95. The molecule has 6 nitrogen and oxygen atoms in total. The summed E-state index contributed by atoms with van der Waals surface area (Å²) in [4.78, 5) is 8.17. The molecular weight excluding hydrogens is 220 g/mol. The number of rotatable bonds is 4. The Morgan fingerprint density at radius 1 is 1.53 bits per heavy atom. The maximum absolute atomic E-state index is 5.58. The number of anilines is 1. The van der Waals surface area contributed by atoms with E-state index in [1.54, 1.807) is 25.4 Å². The summed E-state index contributed by atoms with van der Waals surface area (Å²) in [6, 6.07) is 3.46. The van der Waals surface area contributed by atoms with Crippen LogP contribution in [-0.2, 0) is 11.2 Å². The third-order valence-corrected chi connectivity index (χ3v) is 2.37. The third kappa shape index (κ3) is 2.79. The highest BCUT2D eigenvalue weighted by molar-refractivity contribution is 5.56. The molecule has 0 saturated heterocycles. The third-order valence-electron chi connectivity index (χ3n) is 2.37. The molecule has 6 heteroatoms. The van der Waals surface area contributed by atoms with E-state index in [2.05, 4.69) is 15.1 Å². The zero-order valence-corrected chi connectivity index (χ0v) is 9.75. The van der Waals surface area contributed by atoms with Crippen molar-refractivity contribution >= 4 is 5.82 Å². The molecule has 0 aliphatic rings. The van der Waals surface area contributed by atoms with Gasteiger partial charge in [-0.3, -0.25) is 0 Å². The normalized spacial score (nSPS) is 12.6. The van der Waals surface area contributed by atoms with Crippen LogP contribution in [0.15, 0.2) is 22.9 Å². The van der Waals surface area contributed by atoms with Crippen molar-refractivity contribution in [3.8, 4) is 11.5 Å². The molecule has 2 N–H and O–H groups in total. The first-order chi connectivity index (χ1) is 8.19. The van der Waals surface area contributed by atoms with E-state index in [0.29, 0.717) is 24.0 Å². The Morgan fingerprint density at radius 2 is 2.35 bits per heavy atom. The lowest BCUT2D eigenvalue weighted by atomic mass is 10.2. The lowest BCUT2D eigenvalue weighted by molar-refractivity contribution is 0.116. The van der Waals surface area contributed by atoms with E-state index >= 15 is 0 Å². The van der Waals surface area contributed by atoms with Gasteiger partial charge in [0.15, 0.2) is 5.82 Å². The Kier molecular flexibility index (Phi) is 3.34. The smallest absolute Gasteiger partial charge is 0.258 e. The van der Waals surface area contributed by atoms with E-state index in [4.69, 9.17) is 15.0 Å². The van der Waals surface area contributed by atoms with Gasteiger partial charge in [-0.15, -0.1) is 0 Å². The maximum Gasteiger partial charge on any atom is 0.258 e. The molecule has 0 aromatic carbocycles. The molecule has 2 rings (SSSR count). The summed E-state index contributed by atoms with van der Waals surface area (Å²) in [7, 11) is 1.65. The molecule has 0 radical (unpaired) electrons. The fraction of sp³-hybridized carbons (Fsp3) is 0.364. The molecular formula is C11H14N4O2. The van der Waals surface area contributed by atoms with Crippen LogP contribution in [0.1, 0.15) is 12.7 Å². The second kappa shape index (κ2) is 4.92. The maximum atomic E-state index is 5.58. The summed E-state index contributed by atoms with van der Waals surface area (Å²) in [6.45, 7) is 1.94. The Bertz CT molecular complexity index is 498. The summed E-state index contributed by atoms with van der Waals surface area (Å²) >= 11 is 0. The number of hydrogen-bond donors (Lipinski definition) is 1. The van der Waals surface area contributed by atoms with Gasteiger partial charge in [-0.05, 0) is 19.1 Å². The molecule has 2 aromatic rings. The molecule has 0 amide bonds. The van der Waals surface area contributed by atoms with E-state index < -0.39 is 0 Å². The number of nitrogens with two attached hydrogens (primary N) is 1. The molecule has 0 fully saturated rings. The molecule has 2 aromatic heterocycles. The summed E-state index contributed by atoms with van der Waals surface area (Å²) in [6.07, 6.45) is 2.27. The van der Waals surface area contributed by atoms with Crippen molar-refractivity contribution in [3.05, 3.63) is 24.2 Å². The molecule has 0 aliphatic heterocycles. The van der Waals surface area contributed by atoms with Crippen LogP contribution in [-0.4, -0.2) is 28.3 Å². The van der Waals surface area contributed by atoms with Gasteiger partial charge in [0.05, 0.1) is 6.10 Å². The van der Waals surface area contributed by atoms with Crippen molar-refractivity contribution in [3.63, 3.8) is 0 Å². The molecule has 1 atom stereocenters. The minimum atomic E-state index is 0.0583. The van der Waals surface area contributed by atoms with Crippen molar-refractivity contribution in [2.24, 2.45) is 0 Å². The standard InChI is InChI=1S/C11H14N4O2/c1-7(16-2)5-10-14-11(17-15-10)8-3-4-13-9(12)6-8/h3-4,6-7H,5H2,1-2H3,(H2,12,13). The monoisotopic (exact) mass is 234 g/mol. The minimum Gasteiger partial charge on any atom is -0.384 e. The quantitative estimate of drug-likeness (QED) is 0.857. The van der Waals surface area contributed by atoms with Gasteiger partial charge >= 0.3 is 0 Å². The Balaban J connectivity index is 2.18. The predicted octanol–water partition coefficient (Wildman–Crippen LogP) is 1.29. The molecule has 0 aliphatic carbocycles. The summed E-state index contributed by atoms with van der Waals surface area (Å²) in [5.74, 6) is 1.48. The van der Waals surface area contributed by atoms with Gasteiger partial charge in [0, 0.05) is 25.3 Å². The van der Waals surface area contributed by atoms with E-state index in [-0.39, 0.29) is 6.10 Å². The summed E-state index contributed by atoms with van der Waals surface area (Å²) < 4.78 is 10.3. The van der Waals surface area contributed by atoms with Crippen LogP contribution in [0.3, 0.4) is 0 Å². The highest BCUT2D eigenvalue weighted by Crippen LogP contribution is 2.18. The van der Waals surface area contributed by atoms with Crippen LogP contribution in [0.5, 0.6) is 0 Å². The fourth-order valence-electron chi connectivity index (χ4n) is 1.38.